The van der Waals surface area contributed by atoms with Gasteiger partial charge in [0.1, 0.15) is 0 Å². The van der Waals surface area contributed by atoms with Gasteiger partial charge in [0.2, 0.25) is 0 Å². The lowest BCUT2D eigenvalue weighted by atomic mass is 9.65. The highest BCUT2D eigenvalue weighted by molar-refractivity contribution is 9.10. The van der Waals surface area contributed by atoms with Crippen molar-refractivity contribution in [2.75, 3.05) is 0 Å². The van der Waals surface area contributed by atoms with Crippen molar-refractivity contribution in [1.29, 1.82) is 0 Å². The zero-order chi connectivity index (χ0) is 19.7. The molecule has 0 bridgehead atoms. The minimum atomic E-state index is -0.428. The van der Waals surface area contributed by atoms with Crippen molar-refractivity contribution in [2.24, 2.45) is 0 Å². The van der Waals surface area contributed by atoms with Crippen molar-refractivity contribution in [1.82, 2.24) is 4.98 Å². The number of hydrogen-bond donors (Lipinski definition) is 1. The summed E-state index contributed by atoms with van der Waals surface area (Å²) in [6.07, 6.45) is 2.17. The van der Waals surface area contributed by atoms with E-state index in [9.17, 15) is 0 Å². The third-order valence-electron chi connectivity index (χ3n) is 5.68. The number of fused-ring (bicyclic) bond motifs is 1. The lowest BCUT2D eigenvalue weighted by Gasteiger charge is -2.36. The van der Waals surface area contributed by atoms with Gasteiger partial charge in [-0.25, -0.2) is 0 Å². The van der Waals surface area contributed by atoms with Crippen LogP contribution in [0.25, 0.3) is 10.9 Å². The first kappa shape index (κ1) is 18.0. The minimum absolute atomic E-state index is 0.428. The molecular weight excluding hydrogens is 418 g/mol. The van der Waals surface area contributed by atoms with Crippen molar-refractivity contribution in [3.63, 3.8) is 0 Å². The number of H-pyrrole nitrogens is 1. The number of rotatable bonds is 4. The van der Waals surface area contributed by atoms with Crippen molar-refractivity contribution in [2.45, 2.75) is 5.41 Å². The Balaban J connectivity index is 1.95. The van der Waals surface area contributed by atoms with Crippen molar-refractivity contribution in [3.8, 4) is 0 Å². The normalized spacial score (nSPS) is 11.6. The highest BCUT2D eigenvalue weighted by Crippen LogP contribution is 2.47. The Morgan fingerprint density at radius 1 is 0.552 bits per heavy atom. The predicted molar refractivity (Wildman–Crippen MR) is 124 cm³/mol. The largest absolute Gasteiger partial charge is 0.361 e. The van der Waals surface area contributed by atoms with Gasteiger partial charge >= 0.3 is 0 Å². The molecule has 0 saturated carbocycles. The molecule has 5 aromatic rings. The van der Waals surface area contributed by atoms with Gasteiger partial charge in [-0.3, -0.25) is 0 Å². The first-order valence-electron chi connectivity index (χ1n) is 9.74. The number of aromatic nitrogens is 1. The molecule has 0 aliphatic carbocycles. The Hall–Kier alpha value is -3.10. The van der Waals surface area contributed by atoms with Crippen LogP contribution in [0.3, 0.4) is 0 Å². The lowest BCUT2D eigenvalue weighted by molar-refractivity contribution is 0.752. The molecule has 1 heterocycles. The Kier molecular flexibility index (Phi) is 4.57. The number of nitrogens with one attached hydrogen (secondary N) is 1. The molecule has 4 aromatic carbocycles. The van der Waals surface area contributed by atoms with Gasteiger partial charge in [-0.05, 0) is 40.5 Å². The molecule has 0 fully saturated rings. The fraction of sp³-hybridized carbons (Fsp3) is 0.0370. The summed E-state index contributed by atoms with van der Waals surface area (Å²) in [7, 11) is 0. The fourth-order valence-corrected chi connectivity index (χ4v) is 4.69. The maximum Gasteiger partial charge on any atom is 0.0722 e. The van der Waals surface area contributed by atoms with Crippen LogP contribution in [0.15, 0.2) is 120 Å². The number of para-hydroxylation sites is 1. The predicted octanol–water partition coefficient (Wildman–Crippen LogP) is 7.31. The van der Waals surface area contributed by atoms with Crippen LogP contribution in [0.4, 0.5) is 0 Å². The molecule has 1 nitrogen and oxygen atoms in total. The van der Waals surface area contributed by atoms with E-state index < -0.39 is 5.41 Å². The summed E-state index contributed by atoms with van der Waals surface area (Å²) in [4.78, 5) is 3.50. The van der Waals surface area contributed by atoms with Crippen molar-refractivity contribution >= 4 is 26.8 Å². The Labute approximate surface area is 179 Å². The summed E-state index contributed by atoms with van der Waals surface area (Å²) in [5.41, 5.74) is 5.71. The van der Waals surface area contributed by atoms with E-state index in [-0.39, 0.29) is 0 Å². The van der Waals surface area contributed by atoms with Gasteiger partial charge < -0.3 is 4.98 Å². The molecule has 2 heteroatoms. The molecule has 0 atom stereocenters. The topological polar surface area (TPSA) is 15.8 Å². The minimum Gasteiger partial charge on any atom is -0.361 e. The SMILES string of the molecule is Brc1ccc(C(c2ccccc2)(c2ccccc2)c2c[nH]c3ccccc23)cc1. The van der Waals surface area contributed by atoms with Crippen LogP contribution in [0.1, 0.15) is 22.3 Å². The second-order valence-electron chi connectivity index (χ2n) is 7.24. The summed E-state index contributed by atoms with van der Waals surface area (Å²) >= 11 is 3.61. The van der Waals surface area contributed by atoms with Crippen molar-refractivity contribution in [3.05, 3.63) is 142 Å². The van der Waals surface area contributed by atoms with Gasteiger partial charge in [0.15, 0.2) is 0 Å². The molecule has 1 aromatic heterocycles. The summed E-state index contributed by atoms with van der Waals surface area (Å²) in [6, 6.07) is 38.8. The number of benzene rings is 4. The number of aromatic amines is 1. The third-order valence-corrected chi connectivity index (χ3v) is 6.21. The molecule has 0 amide bonds. The van der Waals surface area contributed by atoms with Crippen molar-refractivity contribution < 1.29 is 0 Å². The molecule has 29 heavy (non-hydrogen) atoms. The third kappa shape index (κ3) is 2.92. The summed E-state index contributed by atoms with van der Waals surface area (Å²) in [5.74, 6) is 0. The average molecular weight is 438 g/mol. The van der Waals surface area contributed by atoms with Gasteiger partial charge in [0, 0.05) is 21.6 Å². The highest BCUT2D eigenvalue weighted by Gasteiger charge is 2.39. The summed E-state index contributed by atoms with van der Waals surface area (Å²) < 4.78 is 1.08. The fourth-order valence-electron chi connectivity index (χ4n) is 4.42. The maximum atomic E-state index is 3.61. The lowest BCUT2D eigenvalue weighted by Crippen LogP contribution is -2.30. The molecule has 0 unspecified atom stereocenters. The maximum absolute atomic E-state index is 3.61. The van der Waals surface area contributed by atoms with Crippen LogP contribution in [0, 0.1) is 0 Å². The van der Waals surface area contributed by atoms with Crippen LogP contribution in [-0.2, 0) is 5.41 Å². The molecule has 0 aliphatic heterocycles. The molecule has 0 aliphatic rings. The van der Waals surface area contributed by atoms with E-state index in [0.29, 0.717) is 0 Å². The molecule has 0 saturated heterocycles. The Morgan fingerprint density at radius 2 is 1.07 bits per heavy atom. The standard InChI is InChI=1S/C27H20BrN/c28-23-17-15-22(16-18-23)27(20-9-3-1-4-10-20,21-11-5-2-6-12-21)25-19-29-26-14-8-7-13-24(25)26/h1-19,29H. The Bertz CT molecular complexity index is 1200. The average Bonchev–Trinajstić information content (AvgIpc) is 3.22. The number of hydrogen-bond acceptors (Lipinski definition) is 0. The molecule has 140 valence electrons. The second-order valence-corrected chi connectivity index (χ2v) is 8.15. The van der Waals surface area contributed by atoms with Crippen LogP contribution < -0.4 is 0 Å². The van der Waals surface area contributed by atoms with E-state index in [4.69, 9.17) is 0 Å². The van der Waals surface area contributed by atoms with Gasteiger partial charge in [-0.2, -0.15) is 0 Å². The zero-order valence-electron chi connectivity index (χ0n) is 15.8. The quantitative estimate of drug-likeness (QED) is 0.283. The van der Waals surface area contributed by atoms with Gasteiger partial charge in [0.25, 0.3) is 0 Å². The van der Waals surface area contributed by atoms with Gasteiger partial charge in [0.05, 0.1) is 5.41 Å². The van der Waals surface area contributed by atoms with Gasteiger partial charge in [-0.15, -0.1) is 0 Å². The van der Waals surface area contributed by atoms with Crippen LogP contribution in [0.5, 0.6) is 0 Å². The van der Waals surface area contributed by atoms with E-state index in [0.717, 1.165) is 9.99 Å². The molecule has 0 radical (unpaired) electrons. The first-order chi connectivity index (χ1) is 14.3. The Morgan fingerprint density at radius 3 is 1.69 bits per heavy atom. The van der Waals surface area contributed by atoms with E-state index in [1.165, 1.54) is 27.6 Å². The van der Waals surface area contributed by atoms with E-state index in [1.807, 2.05) is 0 Å². The molecule has 5 rings (SSSR count). The summed E-state index contributed by atoms with van der Waals surface area (Å²) in [6.45, 7) is 0. The molecule has 0 spiro atoms. The molecular formula is C27H20BrN. The van der Waals surface area contributed by atoms with E-state index >= 15 is 0 Å². The van der Waals surface area contributed by atoms with Crippen LogP contribution >= 0.6 is 15.9 Å². The van der Waals surface area contributed by atoms with E-state index in [1.54, 1.807) is 0 Å². The first-order valence-corrected chi connectivity index (χ1v) is 10.5. The van der Waals surface area contributed by atoms with Gasteiger partial charge in [-0.1, -0.05) is 107 Å². The second kappa shape index (κ2) is 7.38. The van der Waals surface area contributed by atoms with E-state index in [2.05, 4.69) is 136 Å². The number of halogens is 1. The smallest absolute Gasteiger partial charge is 0.0722 e. The summed E-state index contributed by atoms with van der Waals surface area (Å²) in [5, 5.41) is 1.24. The van der Waals surface area contributed by atoms with Crippen LogP contribution in [0.2, 0.25) is 0 Å². The molecule has 1 N–H and O–H groups in total. The highest BCUT2D eigenvalue weighted by atomic mass is 79.9. The van der Waals surface area contributed by atoms with Crippen LogP contribution in [-0.4, -0.2) is 4.98 Å². The monoisotopic (exact) mass is 437 g/mol. The zero-order valence-corrected chi connectivity index (χ0v) is 17.4.